The number of aldehydes is 1. The van der Waals surface area contributed by atoms with Crippen LogP contribution in [0.15, 0.2) is 59.6 Å². The number of carbonyl (C=O) groups excluding carboxylic acids is 3. The SMILES string of the molecule is CN(/C=C\c1c(C=O)cccc1S(=O)N1CCC(NC(=O)OCc2ccccc2)C12CC2)COC=O. The first kappa shape index (κ1) is 25.6. The average molecular weight is 512 g/mol. The topological polar surface area (TPSA) is 105 Å². The monoisotopic (exact) mass is 511 g/mol. The summed E-state index contributed by atoms with van der Waals surface area (Å²) >= 11 is 0. The molecule has 1 N–H and O–H groups in total. The number of alkyl carbamates (subject to hydrolysis) is 1. The number of hydrogen-bond donors (Lipinski definition) is 1. The number of nitrogens with one attached hydrogen (secondary N) is 1. The number of hydrogen-bond acceptors (Lipinski definition) is 7. The molecule has 1 amide bonds. The first-order valence-corrected chi connectivity index (χ1v) is 12.8. The Morgan fingerprint density at radius 2 is 1.97 bits per heavy atom. The summed E-state index contributed by atoms with van der Waals surface area (Å²) in [4.78, 5) is 36.8. The summed E-state index contributed by atoms with van der Waals surface area (Å²) in [5, 5.41) is 2.98. The smallest absolute Gasteiger partial charge is 0.407 e. The zero-order valence-corrected chi connectivity index (χ0v) is 20.8. The van der Waals surface area contributed by atoms with Crippen LogP contribution in [-0.2, 0) is 31.9 Å². The number of nitrogens with zero attached hydrogens (tertiary/aromatic N) is 2. The molecule has 1 aliphatic heterocycles. The molecule has 0 radical (unpaired) electrons. The van der Waals surface area contributed by atoms with Crippen LogP contribution in [0.4, 0.5) is 4.79 Å². The van der Waals surface area contributed by atoms with E-state index in [4.69, 9.17) is 9.47 Å². The Hall–Kier alpha value is -3.50. The van der Waals surface area contributed by atoms with E-state index < -0.39 is 22.6 Å². The molecule has 1 saturated carbocycles. The zero-order chi connectivity index (χ0) is 25.5. The molecular weight excluding hydrogens is 482 g/mol. The van der Waals surface area contributed by atoms with Gasteiger partial charge in [0.25, 0.3) is 6.47 Å². The van der Waals surface area contributed by atoms with Gasteiger partial charge >= 0.3 is 6.09 Å². The molecule has 2 aromatic carbocycles. The Morgan fingerprint density at radius 1 is 1.19 bits per heavy atom. The number of benzene rings is 2. The highest BCUT2D eigenvalue weighted by Crippen LogP contribution is 2.51. The second kappa shape index (κ2) is 11.5. The molecule has 1 spiro atoms. The molecule has 2 unspecified atom stereocenters. The van der Waals surface area contributed by atoms with E-state index in [-0.39, 0.29) is 19.4 Å². The van der Waals surface area contributed by atoms with Crippen molar-refractivity contribution >= 4 is 35.9 Å². The number of ether oxygens (including phenoxy) is 2. The average Bonchev–Trinajstić information content (AvgIpc) is 3.62. The second-order valence-corrected chi connectivity index (χ2v) is 10.2. The Balaban J connectivity index is 1.46. The fraction of sp³-hybridized carbons (Fsp3) is 0.346. The summed E-state index contributed by atoms with van der Waals surface area (Å²) in [6, 6.07) is 14.4. The molecule has 2 atom stereocenters. The predicted molar refractivity (Wildman–Crippen MR) is 134 cm³/mol. The van der Waals surface area contributed by atoms with Gasteiger partial charge in [-0.15, -0.1) is 0 Å². The van der Waals surface area contributed by atoms with Crippen molar-refractivity contribution < 1.29 is 28.1 Å². The standard InChI is InChI=1S/C26H29N3O6S/c1-28(18-34-19-31)14-10-22-21(16-30)8-5-9-23(22)36(33)29-15-11-24(26(29)12-13-26)27-25(32)35-17-20-6-3-2-4-7-20/h2-10,14,16,19,24H,11-13,15,17-18H2,1H3,(H,27,32)/b14-10-. The lowest BCUT2D eigenvalue weighted by Crippen LogP contribution is -2.47. The van der Waals surface area contributed by atoms with Crippen molar-refractivity contribution in [1.29, 1.82) is 0 Å². The summed E-state index contributed by atoms with van der Waals surface area (Å²) in [6.45, 7) is 1.12. The van der Waals surface area contributed by atoms with E-state index in [1.165, 1.54) is 0 Å². The molecule has 0 aromatic heterocycles. The van der Waals surface area contributed by atoms with Gasteiger partial charge in [-0.1, -0.05) is 42.5 Å². The Labute approximate surface area is 212 Å². The minimum atomic E-state index is -1.55. The molecule has 1 saturated heterocycles. The van der Waals surface area contributed by atoms with Gasteiger partial charge in [0.2, 0.25) is 0 Å². The fourth-order valence-corrected chi connectivity index (χ4v) is 6.22. The lowest BCUT2D eigenvalue weighted by molar-refractivity contribution is -0.131. The molecule has 4 rings (SSSR count). The second-order valence-electron chi connectivity index (χ2n) is 8.84. The van der Waals surface area contributed by atoms with Crippen molar-refractivity contribution in [3.05, 3.63) is 71.4 Å². The highest BCUT2D eigenvalue weighted by Gasteiger charge is 2.60. The Morgan fingerprint density at radius 3 is 2.67 bits per heavy atom. The molecule has 9 nitrogen and oxygen atoms in total. The number of rotatable bonds is 11. The molecular formula is C26H29N3O6S. The summed E-state index contributed by atoms with van der Waals surface area (Å²) in [5.41, 5.74) is 1.45. The van der Waals surface area contributed by atoms with Crippen LogP contribution >= 0.6 is 0 Å². The Bertz CT molecular complexity index is 1150. The van der Waals surface area contributed by atoms with Gasteiger partial charge in [0.15, 0.2) is 13.0 Å². The molecule has 190 valence electrons. The third kappa shape index (κ3) is 5.66. The summed E-state index contributed by atoms with van der Waals surface area (Å²) in [7, 11) is 0.162. The van der Waals surface area contributed by atoms with Crippen LogP contribution in [0.25, 0.3) is 6.08 Å². The highest BCUT2D eigenvalue weighted by molar-refractivity contribution is 7.82. The lowest BCUT2D eigenvalue weighted by atomic mass is 10.1. The van der Waals surface area contributed by atoms with Crippen LogP contribution in [0.2, 0.25) is 0 Å². The molecule has 10 heteroatoms. The van der Waals surface area contributed by atoms with E-state index >= 15 is 0 Å². The van der Waals surface area contributed by atoms with Crippen molar-refractivity contribution in [2.45, 2.75) is 42.3 Å². The molecule has 2 aliphatic rings. The summed E-state index contributed by atoms with van der Waals surface area (Å²) in [5.74, 6) is 0. The maximum atomic E-state index is 13.8. The molecule has 2 fully saturated rings. The van der Waals surface area contributed by atoms with Gasteiger partial charge in [0, 0.05) is 30.9 Å². The number of carbonyl (C=O) groups is 3. The van der Waals surface area contributed by atoms with Crippen LogP contribution in [-0.4, -0.2) is 64.2 Å². The van der Waals surface area contributed by atoms with Gasteiger partial charge < -0.3 is 19.7 Å². The predicted octanol–water partition coefficient (Wildman–Crippen LogP) is 3.09. The van der Waals surface area contributed by atoms with Gasteiger partial charge in [0.1, 0.15) is 17.6 Å². The highest BCUT2D eigenvalue weighted by atomic mass is 32.2. The third-order valence-corrected chi connectivity index (χ3v) is 8.17. The van der Waals surface area contributed by atoms with E-state index in [9.17, 15) is 18.6 Å². The summed E-state index contributed by atoms with van der Waals surface area (Å²) < 4.78 is 25.9. The van der Waals surface area contributed by atoms with Gasteiger partial charge in [-0.05, 0) is 37.0 Å². The first-order valence-electron chi connectivity index (χ1n) is 11.7. The van der Waals surface area contributed by atoms with Gasteiger partial charge in [-0.2, -0.15) is 0 Å². The molecule has 1 aliphatic carbocycles. The largest absolute Gasteiger partial charge is 0.446 e. The van der Waals surface area contributed by atoms with E-state index in [2.05, 4.69) is 5.32 Å². The van der Waals surface area contributed by atoms with Crippen LogP contribution in [0.1, 0.15) is 40.7 Å². The van der Waals surface area contributed by atoms with Crippen molar-refractivity contribution in [2.75, 3.05) is 20.3 Å². The van der Waals surface area contributed by atoms with Crippen LogP contribution in [0, 0.1) is 0 Å². The van der Waals surface area contributed by atoms with Gasteiger partial charge in [-0.3, -0.25) is 9.59 Å². The molecule has 36 heavy (non-hydrogen) atoms. The molecule has 2 aromatic rings. The van der Waals surface area contributed by atoms with E-state index in [0.29, 0.717) is 35.5 Å². The normalized spacial score (nSPS) is 19.1. The van der Waals surface area contributed by atoms with Crippen molar-refractivity contribution in [3.8, 4) is 0 Å². The summed E-state index contributed by atoms with van der Waals surface area (Å²) in [6.07, 6.45) is 5.87. The van der Waals surface area contributed by atoms with Crippen molar-refractivity contribution in [1.82, 2.24) is 14.5 Å². The number of amides is 1. The first-order chi connectivity index (χ1) is 17.5. The maximum Gasteiger partial charge on any atom is 0.407 e. The van der Waals surface area contributed by atoms with E-state index in [0.717, 1.165) is 24.7 Å². The fourth-order valence-electron chi connectivity index (χ4n) is 4.50. The van der Waals surface area contributed by atoms with Crippen LogP contribution < -0.4 is 5.32 Å². The minimum Gasteiger partial charge on any atom is -0.446 e. The minimum absolute atomic E-state index is 0.0463. The van der Waals surface area contributed by atoms with Crippen molar-refractivity contribution in [3.63, 3.8) is 0 Å². The quantitative estimate of drug-likeness (QED) is 0.365. The molecule has 1 heterocycles. The van der Waals surface area contributed by atoms with Crippen molar-refractivity contribution in [2.24, 2.45) is 0 Å². The zero-order valence-electron chi connectivity index (χ0n) is 20.0. The van der Waals surface area contributed by atoms with Crippen LogP contribution in [0.5, 0.6) is 0 Å². The lowest BCUT2D eigenvalue weighted by Gasteiger charge is -2.28. The maximum absolute atomic E-state index is 13.8. The molecule has 0 bridgehead atoms. The van der Waals surface area contributed by atoms with Gasteiger partial charge in [-0.25, -0.2) is 13.3 Å². The third-order valence-electron chi connectivity index (χ3n) is 6.49. The van der Waals surface area contributed by atoms with E-state index in [1.54, 1.807) is 42.4 Å². The van der Waals surface area contributed by atoms with E-state index in [1.807, 2.05) is 34.6 Å². The van der Waals surface area contributed by atoms with Gasteiger partial charge in [0.05, 0.1) is 16.5 Å². The van der Waals surface area contributed by atoms with Crippen LogP contribution in [0.3, 0.4) is 0 Å². The Kier molecular flexibility index (Phi) is 8.17.